The molecule has 0 bridgehead atoms. The molecule has 200 valence electrons. The van der Waals surface area contributed by atoms with Crippen molar-refractivity contribution in [1.82, 2.24) is 0 Å². The molecule has 0 radical (unpaired) electrons. The van der Waals surface area contributed by atoms with Gasteiger partial charge in [0.1, 0.15) is 5.75 Å². The Morgan fingerprint density at radius 2 is 1.05 bits per heavy atom. The molecule has 4 aromatic rings. The highest BCUT2D eigenvalue weighted by molar-refractivity contribution is 7.46. The van der Waals surface area contributed by atoms with Crippen LogP contribution in [0.3, 0.4) is 0 Å². The van der Waals surface area contributed by atoms with Crippen molar-refractivity contribution >= 4 is 44.3 Å². The Morgan fingerprint density at radius 1 is 0.615 bits per heavy atom. The fraction of sp³-hybridized carbons (Fsp3) is 0.0625. The minimum atomic E-state index is -4.40. The van der Waals surface area contributed by atoms with E-state index in [4.69, 9.17) is 9.79 Å². The second-order valence-electron chi connectivity index (χ2n) is 8.20. The predicted molar refractivity (Wildman–Crippen MR) is 159 cm³/mol. The van der Waals surface area contributed by atoms with Gasteiger partial charge in [-0.05, 0) is 40.8 Å². The molecule has 39 heavy (non-hydrogen) atoms. The van der Waals surface area contributed by atoms with Crippen LogP contribution in [0.1, 0.15) is 40.3 Å². The molecule has 0 saturated carbocycles. The van der Waals surface area contributed by atoms with Crippen molar-refractivity contribution in [3.05, 3.63) is 137 Å². The van der Waals surface area contributed by atoms with Crippen LogP contribution in [0.15, 0.2) is 103 Å². The number of aromatic hydroxyl groups is 1. The highest BCUT2D eigenvalue weighted by Crippen LogP contribution is 2.35. The summed E-state index contributed by atoms with van der Waals surface area (Å²) in [6.07, 6.45) is 12.4. The molecule has 0 saturated heterocycles. The summed E-state index contributed by atoms with van der Waals surface area (Å²) in [5.41, 5.74) is 6.15. The van der Waals surface area contributed by atoms with Gasteiger partial charge in [-0.25, -0.2) is 9.45 Å². The molecule has 0 atom stereocenters. The van der Waals surface area contributed by atoms with E-state index in [0.29, 0.717) is 0 Å². The van der Waals surface area contributed by atoms with Crippen molar-refractivity contribution in [2.24, 2.45) is 0 Å². The summed E-state index contributed by atoms with van der Waals surface area (Å²) in [6.45, 7) is 1.67. The summed E-state index contributed by atoms with van der Waals surface area (Å²) >= 11 is 0. The van der Waals surface area contributed by atoms with Gasteiger partial charge in [0.05, 0.1) is 6.61 Å². The predicted octanol–water partition coefficient (Wildman–Crippen LogP) is 7.95. The van der Waals surface area contributed by atoms with Crippen molar-refractivity contribution < 1.29 is 29.0 Å². The minimum Gasteiger partial charge on any atom is -0.507 e. The molecule has 4 rings (SSSR count). The molecule has 0 heterocycles. The third kappa shape index (κ3) is 10.7. The summed E-state index contributed by atoms with van der Waals surface area (Å²) < 4.78 is 13.3. The first-order valence-electron chi connectivity index (χ1n) is 12.3. The summed E-state index contributed by atoms with van der Waals surface area (Å²) in [4.78, 5) is 19.8. The lowest BCUT2D eigenvalue weighted by Crippen LogP contribution is -1.89. The molecular weight excluding hydrogens is 511 g/mol. The fourth-order valence-corrected chi connectivity index (χ4v) is 3.75. The zero-order valence-corrected chi connectivity index (χ0v) is 22.4. The molecule has 0 amide bonds. The number of benzene rings is 4. The van der Waals surface area contributed by atoms with Gasteiger partial charge < -0.3 is 14.9 Å². The molecule has 6 nitrogen and oxygen atoms in total. The molecule has 0 aliphatic heterocycles. The summed E-state index contributed by atoms with van der Waals surface area (Å²) in [7, 11) is -4.40. The monoisotopic (exact) mass is 542 g/mol. The van der Waals surface area contributed by atoms with Crippen molar-refractivity contribution in [2.75, 3.05) is 6.61 Å². The highest BCUT2D eigenvalue weighted by Gasteiger charge is 2.13. The van der Waals surface area contributed by atoms with Crippen LogP contribution in [-0.4, -0.2) is 21.5 Å². The first kappa shape index (κ1) is 29.5. The molecule has 0 aliphatic carbocycles. The van der Waals surface area contributed by atoms with Crippen LogP contribution in [0, 0.1) is 0 Å². The largest absolute Gasteiger partial charge is 0.507 e. The van der Waals surface area contributed by atoms with Gasteiger partial charge >= 0.3 is 7.82 Å². The van der Waals surface area contributed by atoms with Crippen molar-refractivity contribution in [3.8, 4) is 5.75 Å². The Kier molecular flexibility index (Phi) is 11.7. The van der Waals surface area contributed by atoms with Crippen LogP contribution in [0.5, 0.6) is 5.75 Å². The number of phenolic OH excluding ortho intramolecular Hbond substituents is 1. The van der Waals surface area contributed by atoms with E-state index in [-0.39, 0.29) is 12.4 Å². The van der Waals surface area contributed by atoms with E-state index in [9.17, 15) is 9.67 Å². The molecule has 0 unspecified atom stereocenters. The van der Waals surface area contributed by atoms with Crippen molar-refractivity contribution in [2.45, 2.75) is 6.92 Å². The summed E-state index contributed by atoms with van der Waals surface area (Å²) in [6, 6.07) is 34.2. The first-order chi connectivity index (χ1) is 18.9. The highest BCUT2D eigenvalue weighted by atomic mass is 31.2. The molecule has 0 fully saturated rings. The van der Waals surface area contributed by atoms with Gasteiger partial charge in [0.25, 0.3) is 0 Å². The zero-order valence-electron chi connectivity index (χ0n) is 21.5. The minimum absolute atomic E-state index is 0.116. The lowest BCUT2D eigenvalue weighted by molar-refractivity contribution is -0.217. The number of hydrogen-bond donors (Lipinski definition) is 3. The van der Waals surface area contributed by atoms with Crippen LogP contribution < -0.4 is 0 Å². The lowest BCUT2D eigenvalue weighted by atomic mass is 9.96. The van der Waals surface area contributed by atoms with E-state index in [1.165, 1.54) is 0 Å². The Morgan fingerprint density at radius 3 is 1.46 bits per heavy atom. The van der Waals surface area contributed by atoms with Gasteiger partial charge in [-0.3, -0.25) is 0 Å². The SMILES string of the molecule is CCOOP(=O)(O)O.Oc1ccc(C=Cc2ccccc2)c(C=Cc2ccccc2)c1C=Cc1ccccc1. The smallest absolute Gasteiger partial charge is 0.496 e. The molecular formula is C32H31O6P. The van der Waals surface area contributed by atoms with Crippen molar-refractivity contribution in [3.63, 3.8) is 0 Å². The maximum Gasteiger partial charge on any atom is 0.496 e. The van der Waals surface area contributed by atoms with Gasteiger partial charge in [0, 0.05) is 5.56 Å². The Balaban J connectivity index is 0.000000459. The van der Waals surface area contributed by atoms with Crippen LogP contribution in [-0.2, 0) is 14.1 Å². The lowest BCUT2D eigenvalue weighted by Gasteiger charge is -2.09. The third-order valence-corrected chi connectivity index (χ3v) is 5.60. The van der Waals surface area contributed by atoms with E-state index in [1.54, 1.807) is 13.0 Å². The molecule has 0 spiro atoms. The second-order valence-corrected chi connectivity index (χ2v) is 9.34. The molecule has 4 aromatic carbocycles. The third-order valence-electron chi connectivity index (χ3n) is 5.30. The molecule has 3 N–H and O–H groups in total. The zero-order chi connectivity index (χ0) is 27.9. The van der Waals surface area contributed by atoms with E-state index in [0.717, 1.165) is 33.4 Å². The van der Waals surface area contributed by atoms with Crippen LogP contribution in [0.4, 0.5) is 0 Å². The van der Waals surface area contributed by atoms with Crippen molar-refractivity contribution in [1.29, 1.82) is 0 Å². The maximum atomic E-state index is 10.7. The Bertz CT molecular complexity index is 1430. The van der Waals surface area contributed by atoms with Crippen LogP contribution in [0.2, 0.25) is 0 Å². The first-order valence-corrected chi connectivity index (χ1v) is 13.8. The van der Waals surface area contributed by atoms with E-state index >= 15 is 0 Å². The Labute approximate surface area is 229 Å². The molecule has 7 heteroatoms. The number of phenols is 1. The number of hydrogen-bond acceptors (Lipinski definition) is 4. The van der Waals surface area contributed by atoms with E-state index < -0.39 is 7.82 Å². The fourth-order valence-electron chi connectivity index (χ4n) is 3.51. The second kappa shape index (κ2) is 15.4. The number of phosphoric acid groups is 1. The maximum absolute atomic E-state index is 10.7. The average molecular weight is 543 g/mol. The van der Waals surface area contributed by atoms with Gasteiger partial charge in [0.2, 0.25) is 0 Å². The van der Waals surface area contributed by atoms with Crippen LogP contribution >= 0.6 is 7.82 Å². The summed E-state index contributed by atoms with van der Waals surface area (Å²) in [5.74, 6) is 0.261. The average Bonchev–Trinajstić information content (AvgIpc) is 2.95. The normalized spacial score (nSPS) is 11.7. The quantitative estimate of drug-likeness (QED) is 0.0860. The van der Waals surface area contributed by atoms with Crippen LogP contribution in [0.25, 0.3) is 36.5 Å². The summed E-state index contributed by atoms with van der Waals surface area (Å²) in [5, 5.41) is 10.7. The standard InChI is InChI=1S/C30H24O.C2H7O5P/c31-30-23-20-27(19-16-24-10-4-1-5-11-24)28(21-17-25-12-6-2-7-13-25)29(30)22-18-26-14-8-3-9-15-26;1-2-6-7-8(3,4)5/h1-23,31H;2H2,1H3,(H2,3,4,5). The van der Waals surface area contributed by atoms with Gasteiger partial charge in [-0.2, -0.15) is 0 Å². The van der Waals surface area contributed by atoms with Gasteiger partial charge in [0.15, 0.2) is 0 Å². The number of rotatable bonds is 9. The topological polar surface area (TPSA) is 96.2 Å². The molecule has 0 aromatic heterocycles. The van der Waals surface area contributed by atoms with E-state index in [1.807, 2.05) is 84.9 Å². The van der Waals surface area contributed by atoms with E-state index in [2.05, 4.69) is 58.1 Å². The van der Waals surface area contributed by atoms with Gasteiger partial charge in [-0.1, -0.05) is 134 Å². The van der Waals surface area contributed by atoms with Gasteiger partial charge in [-0.15, -0.1) is 4.67 Å². The molecule has 0 aliphatic rings. The Hall–Kier alpha value is -4.03.